The molecule has 3 rings (SSSR count). The third-order valence-corrected chi connectivity index (χ3v) is 6.09. The van der Waals surface area contributed by atoms with Crippen molar-refractivity contribution in [2.45, 2.75) is 52.6 Å². The largest absolute Gasteiger partial charge is 0.462 e. The molecule has 2 saturated carbocycles. The molecule has 2 aliphatic carbocycles. The Hall–Kier alpha value is -1.38. The van der Waals surface area contributed by atoms with Crippen molar-refractivity contribution >= 4 is 5.97 Å². The van der Waals surface area contributed by atoms with Gasteiger partial charge in [0.15, 0.2) is 0 Å². The molecule has 0 amide bonds. The lowest BCUT2D eigenvalue weighted by molar-refractivity contribution is -0.156. The molecule has 1 aromatic heterocycles. The van der Waals surface area contributed by atoms with Gasteiger partial charge in [-0.1, -0.05) is 20.8 Å². The molecule has 20 heavy (non-hydrogen) atoms. The molecule has 2 fully saturated rings. The highest BCUT2D eigenvalue weighted by Crippen LogP contribution is 2.66. The van der Waals surface area contributed by atoms with Crippen LogP contribution in [0.25, 0.3) is 0 Å². The summed E-state index contributed by atoms with van der Waals surface area (Å²) in [6.07, 6.45) is 7.35. The van der Waals surface area contributed by atoms with Crippen molar-refractivity contribution in [1.82, 2.24) is 4.98 Å². The fraction of sp³-hybridized carbons (Fsp3) is 0.647. The molecule has 0 radical (unpaired) electrons. The first-order chi connectivity index (χ1) is 9.43. The monoisotopic (exact) mass is 273 g/mol. The maximum atomic E-state index is 12.2. The lowest BCUT2D eigenvalue weighted by Crippen LogP contribution is -2.38. The van der Waals surface area contributed by atoms with E-state index in [0.29, 0.717) is 12.3 Å². The Morgan fingerprint density at radius 3 is 2.60 bits per heavy atom. The number of pyridine rings is 1. The molecule has 0 spiro atoms. The molecule has 1 aromatic rings. The van der Waals surface area contributed by atoms with E-state index in [-0.39, 0.29) is 22.9 Å². The van der Waals surface area contributed by atoms with Crippen LogP contribution in [0.15, 0.2) is 24.5 Å². The summed E-state index contributed by atoms with van der Waals surface area (Å²) < 4.78 is 5.83. The standard InChI is InChI=1S/C17H23NO2/c1-16(2)13-4-7-17(16,3)14(11-13)20-15(19)10-12-5-8-18-9-6-12/h5-6,8-9,13-14H,4,7,10-11H2,1-3H3/t13-,14-,17+/m0/s1. The van der Waals surface area contributed by atoms with Crippen LogP contribution in [0.2, 0.25) is 0 Å². The minimum atomic E-state index is -0.106. The van der Waals surface area contributed by atoms with Gasteiger partial charge in [0.25, 0.3) is 0 Å². The van der Waals surface area contributed by atoms with Crippen molar-refractivity contribution in [3.8, 4) is 0 Å². The van der Waals surface area contributed by atoms with Crippen molar-refractivity contribution in [3.63, 3.8) is 0 Å². The van der Waals surface area contributed by atoms with Crippen LogP contribution in [0.5, 0.6) is 0 Å². The van der Waals surface area contributed by atoms with Crippen LogP contribution in [0, 0.1) is 16.7 Å². The number of fused-ring (bicyclic) bond motifs is 2. The van der Waals surface area contributed by atoms with Crippen molar-refractivity contribution in [3.05, 3.63) is 30.1 Å². The second-order valence-corrected chi connectivity index (χ2v) is 7.12. The van der Waals surface area contributed by atoms with Gasteiger partial charge in [-0.25, -0.2) is 0 Å². The molecule has 2 bridgehead atoms. The average molecular weight is 273 g/mol. The van der Waals surface area contributed by atoms with Crippen molar-refractivity contribution in [2.24, 2.45) is 16.7 Å². The van der Waals surface area contributed by atoms with E-state index in [1.807, 2.05) is 12.1 Å². The molecule has 0 saturated heterocycles. The number of carbonyl (C=O) groups is 1. The van der Waals surface area contributed by atoms with Gasteiger partial charge in [0.05, 0.1) is 6.42 Å². The number of rotatable bonds is 3. The summed E-state index contributed by atoms with van der Waals surface area (Å²) in [7, 11) is 0. The molecular weight excluding hydrogens is 250 g/mol. The second kappa shape index (κ2) is 4.57. The summed E-state index contributed by atoms with van der Waals surface area (Å²) in [4.78, 5) is 16.1. The van der Waals surface area contributed by atoms with Gasteiger partial charge in [-0.3, -0.25) is 9.78 Å². The van der Waals surface area contributed by atoms with Crippen LogP contribution in [0.3, 0.4) is 0 Å². The number of hydrogen-bond donors (Lipinski definition) is 0. The SMILES string of the molecule is CC1(C)[C@H]2CC[C@]1(C)[C@@H](OC(=O)Cc1ccncc1)C2. The predicted octanol–water partition coefficient (Wildman–Crippen LogP) is 3.38. The predicted molar refractivity (Wildman–Crippen MR) is 77.1 cm³/mol. The normalized spacial score (nSPS) is 34.1. The Balaban J connectivity index is 1.66. The molecule has 108 valence electrons. The van der Waals surface area contributed by atoms with Crippen LogP contribution >= 0.6 is 0 Å². The van der Waals surface area contributed by atoms with Crippen LogP contribution in [-0.4, -0.2) is 17.1 Å². The number of hydrogen-bond acceptors (Lipinski definition) is 3. The van der Waals surface area contributed by atoms with Crippen LogP contribution in [0.4, 0.5) is 0 Å². The van der Waals surface area contributed by atoms with Crippen LogP contribution in [-0.2, 0) is 16.0 Å². The summed E-state index contributed by atoms with van der Waals surface area (Å²) in [5.41, 5.74) is 1.40. The van der Waals surface area contributed by atoms with Gasteiger partial charge in [0, 0.05) is 17.8 Å². The number of ether oxygens (including phenoxy) is 1. The van der Waals surface area contributed by atoms with E-state index < -0.39 is 0 Å². The minimum Gasteiger partial charge on any atom is -0.462 e. The van der Waals surface area contributed by atoms with Crippen LogP contribution < -0.4 is 0 Å². The molecule has 0 aromatic carbocycles. The first-order valence-electron chi connectivity index (χ1n) is 7.52. The third kappa shape index (κ3) is 1.95. The van der Waals surface area contributed by atoms with E-state index in [1.54, 1.807) is 12.4 Å². The Labute approximate surface area is 120 Å². The number of aromatic nitrogens is 1. The zero-order chi connectivity index (χ0) is 14.4. The molecule has 3 heteroatoms. The van der Waals surface area contributed by atoms with Gasteiger partial charge in [-0.15, -0.1) is 0 Å². The lowest BCUT2D eigenvalue weighted by Gasteiger charge is -2.38. The van der Waals surface area contributed by atoms with Gasteiger partial charge in [0.2, 0.25) is 0 Å². The molecule has 0 aliphatic heterocycles. The van der Waals surface area contributed by atoms with Crippen molar-refractivity contribution < 1.29 is 9.53 Å². The van der Waals surface area contributed by atoms with Gasteiger partial charge >= 0.3 is 5.97 Å². The number of carbonyl (C=O) groups excluding carboxylic acids is 1. The molecule has 2 aliphatic rings. The lowest BCUT2D eigenvalue weighted by atomic mass is 9.70. The number of esters is 1. The highest BCUT2D eigenvalue weighted by molar-refractivity contribution is 5.72. The second-order valence-electron chi connectivity index (χ2n) is 7.12. The first kappa shape index (κ1) is 13.6. The van der Waals surface area contributed by atoms with Crippen molar-refractivity contribution in [1.29, 1.82) is 0 Å². The van der Waals surface area contributed by atoms with E-state index in [0.717, 1.165) is 12.0 Å². The first-order valence-corrected chi connectivity index (χ1v) is 7.52. The quantitative estimate of drug-likeness (QED) is 0.792. The molecule has 1 heterocycles. The van der Waals surface area contributed by atoms with Gasteiger partial charge in [-0.2, -0.15) is 0 Å². The molecule has 3 nitrogen and oxygen atoms in total. The zero-order valence-electron chi connectivity index (χ0n) is 12.6. The summed E-state index contributed by atoms with van der Waals surface area (Å²) in [6.45, 7) is 6.97. The third-order valence-electron chi connectivity index (χ3n) is 6.09. The Kier molecular flexibility index (Phi) is 3.11. The van der Waals surface area contributed by atoms with E-state index >= 15 is 0 Å². The number of nitrogens with zero attached hydrogens (tertiary/aromatic N) is 1. The molecule has 3 atom stereocenters. The Bertz CT molecular complexity index is 511. The Morgan fingerprint density at radius 1 is 1.35 bits per heavy atom. The molecule has 0 N–H and O–H groups in total. The fourth-order valence-corrected chi connectivity index (χ4v) is 4.18. The van der Waals surface area contributed by atoms with E-state index in [4.69, 9.17) is 4.74 Å². The summed E-state index contributed by atoms with van der Waals surface area (Å²) >= 11 is 0. The van der Waals surface area contributed by atoms with Crippen molar-refractivity contribution in [2.75, 3.05) is 0 Å². The fourth-order valence-electron chi connectivity index (χ4n) is 4.18. The highest BCUT2D eigenvalue weighted by atomic mass is 16.5. The maximum Gasteiger partial charge on any atom is 0.310 e. The average Bonchev–Trinajstić information content (AvgIpc) is 2.73. The zero-order valence-corrected chi connectivity index (χ0v) is 12.6. The molecular formula is C17H23NO2. The minimum absolute atomic E-state index is 0.0885. The Morgan fingerprint density at radius 2 is 2.05 bits per heavy atom. The summed E-state index contributed by atoms with van der Waals surface area (Å²) in [5, 5.41) is 0. The van der Waals surface area contributed by atoms with Crippen LogP contribution in [0.1, 0.15) is 45.6 Å². The molecule has 0 unspecified atom stereocenters. The summed E-state index contributed by atoms with van der Waals surface area (Å²) in [5.74, 6) is 0.594. The maximum absolute atomic E-state index is 12.2. The highest BCUT2D eigenvalue weighted by Gasteiger charge is 2.62. The van der Waals surface area contributed by atoms with E-state index in [1.165, 1.54) is 12.8 Å². The van der Waals surface area contributed by atoms with E-state index in [2.05, 4.69) is 25.8 Å². The van der Waals surface area contributed by atoms with Gasteiger partial charge in [-0.05, 0) is 48.3 Å². The van der Waals surface area contributed by atoms with Gasteiger partial charge < -0.3 is 4.74 Å². The van der Waals surface area contributed by atoms with Gasteiger partial charge in [0.1, 0.15) is 6.10 Å². The smallest absolute Gasteiger partial charge is 0.310 e. The van der Waals surface area contributed by atoms with E-state index in [9.17, 15) is 4.79 Å². The summed E-state index contributed by atoms with van der Waals surface area (Å²) in [6, 6.07) is 3.74. The topological polar surface area (TPSA) is 39.2 Å².